The van der Waals surface area contributed by atoms with Crippen LogP contribution >= 0.6 is 0 Å². The monoisotopic (exact) mass is 294 g/mol. The van der Waals surface area contributed by atoms with Crippen molar-refractivity contribution in [3.05, 3.63) is 23.8 Å². The molecule has 0 unspecified atom stereocenters. The summed E-state index contributed by atoms with van der Waals surface area (Å²) in [5.74, 6) is 0.832. The summed E-state index contributed by atoms with van der Waals surface area (Å²) in [7, 11) is 3.02. The van der Waals surface area contributed by atoms with E-state index >= 15 is 0 Å². The average Bonchev–Trinajstić information content (AvgIpc) is 2.49. The fraction of sp³-hybridized carbons (Fsp3) is 0.467. The summed E-state index contributed by atoms with van der Waals surface area (Å²) < 4.78 is 10.2. The second kappa shape index (κ2) is 8.14. The zero-order chi connectivity index (χ0) is 15.8. The van der Waals surface area contributed by atoms with Crippen LogP contribution in [0.1, 0.15) is 24.2 Å². The van der Waals surface area contributed by atoms with E-state index in [1.807, 2.05) is 13.8 Å². The molecule has 0 aromatic heterocycles. The van der Waals surface area contributed by atoms with E-state index in [-0.39, 0.29) is 18.4 Å². The van der Waals surface area contributed by atoms with E-state index in [0.717, 1.165) is 0 Å². The third kappa shape index (κ3) is 5.72. The zero-order valence-electron chi connectivity index (χ0n) is 12.9. The van der Waals surface area contributed by atoms with E-state index in [2.05, 4.69) is 10.6 Å². The van der Waals surface area contributed by atoms with Crippen molar-refractivity contribution in [1.29, 1.82) is 0 Å². The van der Waals surface area contributed by atoms with Gasteiger partial charge in [-0.2, -0.15) is 0 Å². The summed E-state index contributed by atoms with van der Waals surface area (Å²) in [6.45, 7) is 4.52. The van der Waals surface area contributed by atoms with Gasteiger partial charge in [0.05, 0.1) is 20.8 Å². The first kappa shape index (κ1) is 16.8. The molecule has 0 bridgehead atoms. The van der Waals surface area contributed by atoms with Crippen molar-refractivity contribution in [2.24, 2.45) is 5.92 Å². The third-order valence-corrected chi connectivity index (χ3v) is 2.73. The van der Waals surface area contributed by atoms with Crippen LogP contribution in [0.4, 0.5) is 0 Å². The van der Waals surface area contributed by atoms with Gasteiger partial charge in [0, 0.05) is 18.2 Å². The number of carbonyl (C=O) groups excluding carboxylic acids is 2. The molecule has 1 aromatic rings. The molecule has 0 saturated heterocycles. The van der Waals surface area contributed by atoms with Gasteiger partial charge in [0.2, 0.25) is 5.91 Å². The Labute approximate surface area is 124 Å². The molecule has 0 aliphatic heterocycles. The maximum atomic E-state index is 12.0. The second-order valence-corrected chi connectivity index (χ2v) is 4.98. The molecule has 1 aromatic carbocycles. The molecule has 0 spiro atoms. The fourth-order valence-electron chi connectivity index (χ4n) is 1.58. The Hall–Kier alpha value is -2.24. The van der Waals surface area contributed by atoms with Crippen molar-refractivity contribution in [2.75, 3.05) is 27.3 Å². The van der Waals surface area contributed by atoms with Crippen LogP contribution in [0.3, 0.4) is 0 Å². The van der Waals surface area contributed by atoms with Crippen LogP contribution in [0, 0.1) is 5.92 Å². The third-order valence-electron chi connectivity index (χ3n) is 2.73. The van der Waals surface area contributed by atoms with Crippen molar-refractivity contribution in [3.8, 4) is 11.5 Å². The minimum atomic E-state index is -0.355. The van der Waals surface area contributed by atoms with Crippen LogP contribution in [-0.4, -0.2) is 39.1 Å². The first-order valence-electron chi connectivity index (χ1n) is 6.74. The highest BCUT2D eigenvalue weighted by Crippen LogP contribution is 2.22. The number of carbonyl (C=O) groups is 2. The first-order valence-corrected chi connectivity index (χ1v) is 6.74. The summed E-state index contributed by atoms with van der Waals surface area (Å²) in [6.07, 6.45) is 0. The van der Waals surface area contributed by atoms with Crippen molar-refractivity contribution < 1.29 is 19.1 Å². The standard InChI is InChI=1S/C15H22N2O4/c1-10(2)8-16-14(18)9-17-15(19)11-5-12(20-3)7-13(6-11)21-4/h5-7,10H,8-9H2,1-4H3,(H,16,18)(H,17,19). The Balaban J connectivity index is 2.61. The molecule has 0 aliphatic carbocycles. The van der Waals surface area contributed by atoms with Gasteiger partial charge in [-0.05, 0) is 18.1 Å². The number of hydrogen-bond acceptors (Lipinski definition) is 4. The van der Waals surface area contributed by atoms with Crippen molar-refractivity contribution in [1.82, 2.24) is 10.6 Å². The van der Waals surface area contributed by atoms with Crippen molar-refractivity contribution in [2.45, 2.75) is 13.8 Å². The number of rotatable bonds is 7. The summed E-state index contributed by atoms with van der Waals surface area (Å²) in [5, 5.41) is 5.29. The molecule has 1 rings (SSSR count). The van der Waals surface area contributed by atoms with E-state index in [0.29, 0.717) is 29.5 Å². The van der Waals surface area contributed by atoms with Crippen molar-refractivity contribution >= 4 is 11.8 Å². The lowest BCUT2D eigenvalue weighted by molar-refractivity contribution is -0.120. The predicted molar refractivity (Wildman–Crippen MR) is 79.7 cm³/mol. The molecule has 0 radical (unpaired) electrons. The van der Waals surface area contributed by atoms with Gasteiger partial charge in [-0.15, -0.1) is 0 Å². The second-order valence-electron chi connectivity index (χ2n) is 4.98. The molecule has 2 amide bonds. The maximum absolute atomic E-state index is 12.0. The topological polar surface area (TPSA) is 76.7 Å². The highest BCUT2D eigenvalue weighted by Gasteiger charge is 2.11. The summed E-state index contributed by atoms with van der Waals surface area (Å²) in [6, 6.07) is 4.85. The Morgan fingerprint density at radius 3 is 2.10 bits per heavy atom. The molecule has 0 aliphatic rings. The molecule has 116 valence electrons. The van der Waals surface area contributed by atoms with Crippen LogP contribution in [-0.2, 0) is 4.79 Å². The number of amides is 2. The molecular weight excluding hydrogens is 272 g/mol. The molecule has 0 atom stereocenters. The van der Waals surface area contributed by atoms with E-state index in [4.69, 9.17) is 9.47 Å². The van der Waals surface area contributed by atoms with Gasteiger partial charge in [-0.1, -0.05) is 13.8 Å². The van der Waals surface area contributed by atoms with E-state index in [9.17, 15) is 9.59 Å². The minimum absolute atomic E-state index is 0.0644. The normalized spacial score (nSPS) is 10.1. The summed E-state index contributed by atoms with van der Waals surface area (Å²) >= 11 is 0. The minimum Gasteiger partial charge on any atom is -0.497 e. The van der Waals surface area contributed by atoms with Crippen LogP contribution in [0.5, 0.6) is 11.5 Å². The fourth-order valence-corrected chi connectivity index (χ4v) is 1.58. The van der Waals surface area contributed by atoms with Gasteiger partial charge in [-0.25, -0.2) is 0 Å². The van der Waals surface area contributed by atoms with Crippen LogP contribution < -0.4 is 20.1 Å². The maximum Gasteiger partial charge on any atom is 0.251 e. The molecule has 0 saturated carbocycles. The SMILES string of the molecule is COc1cc(OC)cc(C(=O)NCC(=O)NCC(C)C)c1. The molecule has 0 fully saturated rings. The number of benzene rings is 1. The van der Waals surface area contributed by atoms with Crippen LogP contribution in [0.25, 0.3) is 0 Å². The lowest BCUT2D eigenvalue weighted by Gasteiger charge is -2.10. The van der Waals surface area contributed by atoms with Crippen molar-refractivity contribution in [3.63, 3.8) is 0 Å². The molecule has 6 nitrogen and oxygen atoms in total. The molecule has 6 heteroatoms. The highest BCUT2D eigenvalue weighted by atomic mass is 16.5. The lowest BCUT2D eigenvalue weighted by atomic mass is 10.2. The van der Waals surface area contributed by atoms with E-state index < -0.39 is 0 Å². The van der Waals surface area contributed by atoms with Gasteiger partial charge in [-0.3, -0.25) is 9.59 Å². The zero-order valence-corrected chi connectivity index (χ0v) is 12.9. The number of methoxy groups -OCH3 is 2. The smallest absolute Gasteiger partial charge is 0.251 e. The van der Waals surface area contributed by atoms with Gasteiger partial charge >= 0.3 is 0 Å². The van der Waals surface area contributed by atoms with E-state index in [1.165, 1.54) is 14.2 Å². The van der Waals surface area contributed by atoms with E-state index in [1.54, 1.807) is 18.2 Å². The number of ether oxygens (including phenoxy) is 2. The largest absolute Gasteiger partial charge is 0.497 e. The molecule has 0 heterocycles. The molecule has 2 N–H and O–H groups in total. The Morgan fingerprint density at radius 1 is 1.05 bits per heavy atom. The molecule has 21 heavy (non-hydrogen) atoms. The van der Waals surface area contributed by atoms with Gasteiger partial charge < -0.3 is 20.1 Å². The Bertz CT molecular complexity index is 478. The lowest BCUT2D eigenvalue weighted by Crippen LogP contribution is -2.38. The van der Waals surface area contributed by atoms with Crippen LogP contribution in [0.15, 0.2) is 18.2 Å². The highest BCUT2D eigenvalue weighted by molar-refractivity contribution is 5.97. The first-order chi connectivity index (χ1) is 9.96. The van der Waals surface area contributed by atoms with Crippen LogP contribution in [0.2, 0.25) is 0 Å². The summed E-state index contributed by atoms with van der Waals surface area (Å²) in [5.41, 5.74) is 0.378. The summed E-state index contributed by atoms with van der Waals surface area (Å²) in [4.78, 5) is 23.6. The number of hydrogen-bond donors (Lipinski definition) is 2. The van der Waals surface area contributed by atoms with Gasteiger partial charge in [0.1, 0.15) is 11.5 Å². The predicted octanol–water partition coefficient (Wildman–Crippen LogP) is 1.21. The number of nitrogens with one attached hydrogen (secondary N) is 2. The van der Waals surface area contributed by atoms with Gasteiger partial charge in [0.25, 0.3) is 5.91 Å². The Kier molecular flexibility index (Phi) is 6.52. The average molecular weight is 294 g/mol. The van der Waals surface area contributed by atoms with Gasteiger partial charge in [0.15, 0.2) is 0 Å². The molecular formula is C15H22N2O4. The Morgan fingerprint density at radius 2 is 1.62 bits per heavy atom. The quantitative estimate of drug-likeness (QED) is 0.792.